The summed E-state index contributed by atoms with van der Waals surface area (Å²) >= 11 is 0. The topological polar surface area (TPSA) is 159 Å². The van der Waals surface area contributed by atoms with Crippen molar-refractivity contribution >= 4 is 29.6 Å². The molecule has 0 amide bonds. The van der Waals surface area contributed by atoms with Gasteiger partial charge in [0.15, 0.2) is 12.2 Å². The maximum atomic E-state index is 14.1. The van der Waals surface area contributed by atoms with Crippen LogP contribution in [0.15, 0.2) is 164 Å². The summed E-state index contributed by atoms with van der Waals surface area (Å²) in [4.78, 5) is 55.6. The lowest BCUT2D eigenvalue weighted by atomic mass is 9.87. The minimum absolute atomic E-state index is 0.155. The first-order valence-electron chi connectivity index (χ1n) is 19.5. The maximum Gasteiger partial charge on any atom is 0.338 e. The number of carbonyl (C=O) groups is 4. The average molecular weight is 822 g/mol. The standard InChI is InChI=1S/C49H43NO11/c1-49(31-56-44(51)33-15-7-3-8-16-33)43(60-47(54)36-21-13-6-14-22-36)41(58-45(52)34-17-9-4-10-18-34)42(59-46(53)35-19-11-5-12-20-35)48(61-49)57-40-30-38(50)26-25-37(40)29-32-23-27-39(55-2)28-24-32/h3-28,30,41-43,48H,29,31,50H2,1-2H3/t41-,42-,43+,48+,49-/m1/s1. The third kappa shape index (κ3) is 10.2. The predicted molar refractivity (Wildman–Crippen MR) is 224 cm³/mol. The van der Waals surface area contributed by atoms with Crippen LogP contribution in [0.4, 0.5) is 5.69 Å². The van der Waals surface area contributed by atoms with Crippen LogP contribution in [-0.2, 0) is 30.1 Å². The molecule has 7 rings (SSSR count). The van der Waals surface area contributed by atoms with Gasteiger partial charge in [0.25, 0.3) is 0 Å². The molecular formula is C49H43NO11. The number of carbonyl (C=O) groups excluding carboxylic acids is 4. The van der Waals surface area contributed by atoms with Crippen LogP contribution in [0, 0.1) is 0 Å². The summed E-state index contributed by atoms with van der Waals surface area (Å²) in [5.74, 6) is -2.24. The minimum Gasteiger partial charge on any atom is -0.497 e. The van der Waals surface area contributed by atoms with Crippen LogP contribution in [0.3, 0.4) is 0 Å². The maximum absolute atomic E-state index is 14.1. The molecule has 1 aliphatic heterocycles. The molecule has 0 saturated carbocycles. The SMILES string of the molecule is COc1ccc(Cc2ccc(N)cc2O[C@H]2O[C@](C)(COC(=O)c3ccccc3)[C@@H](OC(=O)c3ccccc3)[C@H](OC(=O)c3ccccc3)[C@H]2OC(=O)c2ccccc2)cc1. The van der Waals surface area contributed by atoms with Crippen molar-refractivity contribution < 1.29 is 52.3 Å². The Morgan fingerprint density at radius 3 is 1.57 bits per heavy atom. The Bertz CT molecular complexity index is 2430. The van der Waals surface area contributed by atoms with E-state index in [-0.39, 0.29) is 28.0 Å². The summed E-state index contributed by atoms with van der Waals surface area (Å²) in [6.45, 7) is 0.989. The summed E-state index contributed by atoms with van der Waals surface area (Å²) in [5.41, 5.74) is 7.17. The Kier molecular flexibility index (Phi) is 13.1. The van der Waals surface area contributed by atoms with E-state index in [0.29, 0.717) is 23.4 Å². The largest absolute Gasteiger partial charge is 0.497 e. The van der Waals surface area contributed by atoms with Gasteiger partial charge in [-0.3, -0.25) is 0 Å². The highest BCUT2D eigenvalue weighted by Gasteiger charge is 2.60. The second-order valence-corrected chi connectivity index (χ2v) is 14.4. The summed E-state index contributed by atoms with van der Waals surface area (Å²) in [6.07, 6.45) is -6.04. The van der Waals surface area contributed by atoms with E-state index in [0.717, 1.165) is 5.56 Å². The number of benzene rings is 6. The van der Waals surface area contributed by atoms with Crippen LogP contribution in [0.1, 0.15) is 59.5 Å². The molecule has 1 heterocycles. The van der Waals surface area contributed by atoms with Gasteiger partial charge in [-0.1, -0.05) is 91.0 Å². The first-order valence-corrected chi connectivity index (χ1v) is 19.5. The van der Waals surface area contributed by atoms with Gasteiger partial charge in [0.2, 0.25) is 12.4 Å². The molecule has 0 bridgehead atoms. The summed E-state index contributed by atoms with van der Waals surface area (Å²) in [7, 11) is 1.58. The molecule has 12 heteroatoms. The van der Waals surface area contributed by atoms with Crippen LogP contribution >= 0.6 is 0 Å². The average Bonchev–Trinajstić information content (AvgIpc) is 3.30. The number of methoxy groups -OCH3 is 1. The molecule has 0 spiro atoms. The number of nitrogen functional groups attached to an aromatic ring is 1. The fraction of sp³-hybridized carbons (Fsp3) is 0.184. The predicted octanol–water partition coefficient (Wildman–Crippen LogP) is 7.90. The van der Waals surface area contributed by atoms with Gasteiger partial charge in [0.1, 0.15) is 23.7 Å². The lowest BCUT2D eigenvalue weighted by molar-refractivity contribution is -0.310. The van der Waals surface area contributed by atoms with E-state index in [9.17, 15) is 19.2 Å². The van der Waals surface area contributed by atoms with Gasteiger partial charge in [-0.15, -0.1) is 0 Å². The monoisotopic (exact) mass is 821 g/mol. The smallest absolute Gasteiger partial charge is 0.338 e. The molecule has 1 saturated heterocycles. The van der Waals surface area contributed by atoms with Crippen molar-refractivity contribution in [2.24, 2.45) is 0 Å². The summed E-state index contributed by atoms with van der Waals surface area (Å²) in [6, 6.07) is 45.3. The normalized spacial score (nSPS) is 19.4. The number of rotatable bonds is 14. The molecule has 61 heavy (non-hydrogen) atoms. The van der Waals surface area contributed by atoms with E-state index in [4.69, 9.17) is 38.9 Å². The number of nitrogens with two attached hydrogens (primary N) is 1. The zero-order valence-electron chi connectivity index (χ0n) is 33.4. The van der Waals surface area contributed by atoms with Gasteiger partial charge in [0, 0.05) is 18.2 Å². The van der Waals surface area contributed by atoms with E-state index < -0.39 is 60.7 Å². The van der Waals surface area contributed by atoms with Gasteiger partial charge < -0.3 is 38.9 Å². The number of esters is 4. The van der Waals surface area contributed by atoms with Crippen molar-refractivity contribution in [3.05, 3.63) is 197 Å². The first kappa shape index (κ1) is 41.7. The van der Waals surface area contributed by atoms with Crippen molar-refractivity contribution in [1.82, 2.24) is 0 Å². The molecule has 0 unspecified atom stereocenters. The van der Waals surface area contributed by atoms with Gasteiger partial charge in [0.05, 0.1) is 29.4 Å². The zero-order chi connectivity index (χ0) is 42.8. The van der Waals surface area contributed by atoms with Crippen molar-refractivity contribution in [3.63, 3.8) is 0 Å². The van der Waals surface area contributed by atoms with Crippen LogP contribution < -0.4 is 15.2 Å². The van der Waals surface area contributed by atoms with Crippen LogP contribution in [0.2, 0.25) is 0 Å². The lowest BCUT2D eigenvalue weighted by Gasteiger charge is -2.49. The number of anilines is 1. The van der Waals surface area contributed by atoms with Crippen LogP contribution in [-0.4, -0.2) is 67.8 Å². The molecule has 0 radical (unpaired) electrons. The van der Waals surface area contributed by atoms with Crippen molar-refractivity contribution in [2.45, 2.75) is 43.5 Å². The van der Waals surface area contributed by atoms with E-state index in [1.165, 1.54) is 6.92 Å². The molecule has 6 aromatic carbocycles. The number of hydrogen-bond acceptors (Lipinski definition) is 12. The van der Waals surface area contributed by atoms with Gasteiger partial charge in [-0.2, -0.15) is 0 Å². The van der Waals surface area contributed by atoms with Crippen molar-refractivity contribution in [2.75, 3.05) is 19.5 Å². The third-order valence-corrected chi connectivity index (χ3v) is 10.0. The molecule has 6 aromatic rings. The quantitative estimate of drug-likeness (QED) is 0.0644. The molecule has 0 aliphatic carbocycles. The molecule has 0 aromatic heterocycles. The van der Waals surface area contributed by atoms with E-state index in [1.807, 2.05) is 24.3 Å². The molecule has 310 valence electrons. The fourth-order valence-electron chi connectivity index (χ4n) is 6.80. The Morgan fingerprint density at radius 2 is 1.07 bits per heavy atom. The first-order chi connectivity index (χ1) is 29.6. The Balaban J connectivity index is 1.35. The Hall–Kier alpha value is -7.44. The van der Waals surface area contributed by atoms with Crippen molar-refractivity contribution in [1.29, 1.82) is 0 Å². The second kappa shape index (κ2) is 19.1. The molecule has 2 N–H and O–H groups in total. The number of ether oxygens (including phenoxy) is 7. The zero-order valence-corrected chi connectivity index (χ0v) is 33.4. The van der Waals surface area contributed by atoms with Crippen LogP contribution in [0.25, 0.3) is 0 Å². The Labute approximate surface area is 352 Å². The summed E-state index contributed by atoms with van der Waals surface area (Å²) < 4.78 is 43.4. The fourth-order valence-corrected chi connectivity index (χ4v) is 6.80. The van der Waals surface area contributed by atoms with Crippen LogP contribution in [0.5, 0.6) is 11.5 Å². The van der Waals surface area contributed by atoms with E-state index >= 15 is 0 Å². The highest BCUT2D eigenvalue weighted by Crippen LogP contribution is 2.39. The third-order valence-electron chi connectivity index (χ3n) is 10.0. The molecule has 12 nitrogen and oxygen atoms in total. The number of hydrogen-bond donors (Lipinski definition) is 1. The minimum atomic E-state index is -1.83. The Morgan fingerprint density at radius 1 is 0.590 bits per heavy atom. The van der Waals surface area contributed by atoms with Crippen molar-refractivity contribution in [3.8, 4) is 11.5 Å². The van der Waals surface area contributed by atoms with Gasteiger partial charge >= 0.3 is 23.9 Å². The highest BCUT2D eigenvalue weighted by atomic mass is 16.7. The van der Waals surface area contributed by atoms with E-state index in [1.54, 1.807) is 147 Å². The molecule has 5 atom stereocenters. The summed E-state index contributed by atoms with van der Waals surface area (Å²) in [5, 5.41) is 0. The van der Waals surface area contributed by atoms with Gasteiger partial charge in [-0.25, -0.2) is 19.2 Å². The molecule has 1 fully saturated rings. The second-order valence-electron chi connectivity index (χ2n) is 14.4. The molecule has 1 aliphatic rings. The van der Waals surface area contributed by atoms with E-state index in [2.05, 4.69) is 0 Å². The highest BCUT2D eigenvalue weighted by molar-refractivity contribution is 5.91. The van der Waals surface area contributed by atoms with Gasteiger partial charge in [-0.05, 0) is 84.8 Å². The molecular weight excluding hydrogens is 779 g/mol. The lowest BCUT2D eigenvalue weighted by Crippen LogP contribution is -2.68.